The number of amides is 1. The number of carbonyl (C=O) groups is 1. The van der Waals surface area contributed by atoms with Crippen molar-refractivity contribution in [3.05, 3.63) is 39.8 Å². The van der Waals surface area contributed by atoms with E-state index < -0.39 is 0 Å². The van der Waals surface area contributed by atoms with Gasteiger partial charge in [-0.2, -0.15) is 0 Å². The number of nitrogens with one attached hydrogen (secondary N) is 1. The highest BCUT2D eigenvalue weighted by Gasteiger charge is 2.15. The smallest absolute Gasteiger partial charge is 0.251 e. The van der Waals surface area contributed by atoms with Crippen LogP contribution in [-0.4, -0.2) is 15.9 Å². The number of anilines is 1. The number of rotatable bonds is 3. The molecule has 0 aliphatic heterocycles. The van der Waals surface area contributed by atoms with Gasteiger partial charge in [0.2, 0.25) is 0 Å². The maximum absolute atomic E-state index is 12.3. The van der Waals surface area contributed by atoms with Crippen molar-refractivity contribution in [2.75, 3.05) is 5.73 Å². The average molecular weight is 318 g/mol. The molecule has 0 aliphatic carbocycles. The molecule has 21 heavy (non-hydrogen) atoms. The fourth-order valence-electron chi connectivity index (χ4n) is 2.00. The number of aryl methyl sites for hydroxylation is 1. The quantitative estimate of drug-likeness (QED) is 0.777. The molecule has 2 aromatic heterocycles. The third-order valence-corrected chi connectivity index (χ3v) is 4.97. The minimum atomic E-state index is -0.121. The number of nitrogen functional groups attached to an aromatic ring is 1. The van der Waals surface area contributed by atoms with Gasteiger partial charge in [0.15, 0.2) is 5.13 Å². The van der Waals surface area contributed by atoms with E-state index in [1.165, 1.54) is 11.3 Å². The number of carbonyl (C=O) groups excluding carboxylic acids is 1. The fourth-order valence-corrected chi connectivity index (χ4v) is 3.55. The largest absolute Gasteiger partial charge is 0.375 e. The third kappa shape index (κ3) is 2.88. The van der Waals surface area contributed by atoms with Gasteiger partial charge >= 0.3 is 0 Å². The van der Waals surface area contributed by atoms with Gasteiger partial charge in [-0.1, -0.05) is 11.3 Å². The summed E-state index contributed by atoms with van der Waals surface area (Å²) < 4.78 is 0.915. The Labute approximate surface area is 129 Å². The zero-order chi connectivity index (χ0) is 15.0. The Hall–Kier alpha value is -1.99. The summed E-state index contributed by atoms with van der Waals surface area (Å²) in [5, 5.41) is 4.37. The Morgan fingerprint density at radius 3 is 2.90 bits per heavy atom. The lowest BCUT2D eigenvalue weighted by atomic mass is 10.2. The van der Waals surface area contributed by atoms with Crippen molar-refractivity contribution in [3.63, 3.8) is 0 Å². The predicted molar refractivity (Wildman–Crippen MR) is 86.8 cm³/mol. The number of hydrogen-bond acceptors (Lipinski definition) is 6. The van der Waals surface area contributed by atoms with Gasteiger partial charge in [0.25, 0.3) is 5.91 Å². The number of fused-ring (bicyclic) bond motifs is 1. The molecular formula is C14H14N4OS2. The summed E-state index contributed by atoms with van der Waals surface area (Å²) in [5.74, 6) is -0.121. The lowest BCUT2D eigenvalue weighted by Gasteiger charge is -2.11. The van der Waals surface area contributed by atoms with Gasteiger partial charge in [-0.3, -0.25) is 4.79 Å². The second-order valence-corrected chi connectivity index (χ2v) is 7.07. The number of nitrogens with zero attached hydrogens (tertiary/aromatic N) is 2. The molecule has 0 radical (unpaired) electrons. The highest BCUT2D eigenvalue weighted by Crippen LogP contribution is 2.25. The fraction of sp³-hybridized carbons (Fsp3) is 0.214. The molecule has 108 valence electrons. The van der Waals surface area contributed by atoms with E-state index >= 15 is 0 Å². The number of thiazole rings is 2. The molecule has 0 aliphatic rings. The van der Waals surface area contributed by atoms with Crippen LogP contribution in [0.5, 0.6) is 0 Å². The summed E-state index contributed by atoms with van der Waals surface area (Å²) in [6.45, 7) is 3.93. The lowest BCUT2D eigenvalue weighted by Crippen LogP contribution is -2.26. The van der Waals surface area contributed by atoms with Gasteiger partial charge in [0.05, 0.1) is 16.3 Å². The van der Waals surface area contributed by atoms with E-state index in [9.17, 15) is 4.79 Å². The van der Waals surface area contributed by atoms with Crippen molar-refractivity contribution in [1.29, 1.82) is 0 Å². The lowest BCUT2D eigenvalue weighted by molar-refractivity contribution is 0.0940. The topological polar surface area (TPSA) is 80.9 Å². The Morgan fingerprint density at radius 1 is 1.38 bits per heavy atom. The molecule has 0 fully saturated rings. The number of aromatic nitrogens is 2. The molecule has 3 aromatic rings. The molecular weight excluding hydrogens is 304 g/mol. The van der Waals surface area contributed by atoms with Gasteiger partial charge in [0, 0.05) is 16.6 Å². The molecule has 2 heterocycles. The van der Waals surface area contributed by atoms with Gasteiger partial charge in [-0.15, -0.1) is 11.3 Å². The highest BCUT2D eigenvalue weighted by atomic mass is 32.1. The molecule has 1 atom stereocenters. The first kappa shape index (κ1) is 14.0. The first-order chi connectivity index (χ1) is 10.0. The molecule has 3 rings (SSSR count). The van der Waals surface area contributed by atoms with Gasteiger partial charge < -0.3 is 11.1 Å². The van der Waals surface area contributed by atoms with Gasteiger partial charge in [-0.25, -0.2) is 9.97 Å². The summed E-state index contributed by atoms with van der Waals surface area (Å²) in [4.78, 5) is 21.9. The molecule has 0 bridgehead atoms. The Bertz CT molecular complexity index is 808. The number of hydrogen-bond donors (Lipinski definition) is 2. The second kappa shape index (κ2) is 5.42. The predicted octanol–water partition coefficient (Wildman–Crippen LogP) is 3.13. The highest BCUT2D eigenvalue weighted by molar-refractivity contribution is 7.22. The van der Waals surface area contributed by atoms with E-state index in [4.69, 9.17) is 5.73 Å². The van der Waals surface area contributed by atoms with Crippen LogP contribution in [-0.2, 0) is 0 Å². The zero-order valence-electron chi connectivity index (χ0n) is 11.6. The first-order valence-corrected chi connectivity index (χ1v) is 8.05. The van der Waals surface area contributed by atoms with E-state index in [2.05, 4.69) is 15.3 Å². The average Bonchev–Trinajstić information content (AvgIpc) is 3.02. The monoisotopic (exact) mass is 318 g/mol. The molecule has 5 nitrogen and oxygen atoms in total. The molecule has 0 spiro atoms. The molecule has 7 heteroatoms. The Kier molecular flexibility index (Phi) is 3.60. The SMILES string of the molecule is Cc1cnc(C(C)NC(=O)c2ccc3nc(N)sc3c2)s1. The maximum Gasteiger partial charge on any atom is 0.251 e. The summed E-state index contributed by atoms with van der Waals surface area (Å²) in [5.41, 5.74) is 7.10. The molecule has 1 amide bonds. The van der Waals surface area contributed by atoms with E-state index in [0.717, 1.165) is 20.1 Å². The summed E-state index contributed by atoms with van der Waals surface area (Å²) in [6.07, 6.45) is 1.81. The third-order valence-electron chi connectivity index (χ3n) is 3.02. The van der Waals surface area contributed by atoms with Gasteiger partial charge in [0.1, 0.15) is 5.01 Å². The summed E-state index contributed by atoms with van der Waals surface area (Å²) in [6, 6.07) is 5.28. The molecule has 0 saturated carbocycles. The van der Waals surface area contributed by atoms with Crippen LogP contribution >= 0.6 is 22.7 Å². The van der Waals surface area contributed by atoms with E-state index in [-0.39, 0.29) is 11.9 Å². The number of benzene rings is 1. The first-order valence-electron chi connectivity index (χ1n) is 6.42. The van der Waals surface area contributed by atoms with Crippen LogP contribution < -0.4 is 11.1 Å². The van der Waals surface area contributed by atoms with E-state index in [1.54, 1.807) is 17.4 Å². The van der Waals surface area contributed by atoms with Crippen LogP contribution in [0.4, 0.5) is 5.13 Å². The molecule has 1 unspecified atom stereocenters. The van der Waals surface area contributed by atoms with E-state index in [0.29, 0.717) is 10.7 Å². The van der Waals surface area contributed by atoms with Gasteiger partial charge in [-0.05, 0) is 32.0 Å². The van der Waals surface area contributed by atoms with Crippen molar-refractivity contribution < 1.29 is 4.79 Å². The standard InChI is InChI=1S/C14H14N4OS2/c1-7-6-16-13(20-7)8(2)17-12(19)9-3-4-10-11(5-9)21-14(15)18-10/h3-6,8H,1-2H3,(H2,15,18)(H,17,19). The van der Waals surface area contributed by atoms with Crippen LogP contribution in [0.2, 0.25) is 0 Å². The van der Waals surface area contributed by atoms with E-state index in [1.807, 2.05) is 32.2 Å². The van der Waals surface area contributed by atoms with Crippen molar-refractivity contribution >= 4 is 43.9 Å². The molecule has 3 N–H and O–H groups in total. The normalized spacial score (nSPS) is 12.5. The van der Waals surface area contributed by atoms with Crippen LogP contribution in [0.15, 0.2) is 24.4 Å². The Morgan fingerprint density at radius 2 is 2.19 bits per heavy atom. The molecule has 1 aromatic carbocycles. The van der Waals surface area contributed by atoms with Crippen molar-refractivity contribution in [2.24, 2.45) is 0 Å². The van der Waals surface area contributed by atoms with Crippen LogP contribution in [0.1, 0.15) is 33.2 Å². The van der Waals surface area contributed by atoms with Crippen LogP contribution in [0.25, 0.3) is 10.2 Å². The number of nitrogens with two attached hydrogens (primary N) is 1. The van der Waals surface area contributed by atoms with Crippen LogP contribution in [0, 0.1) is 6.92 Å². The summed E-state index contributed by atoms with van der Waals surface area (Å²) >= 11 is 2.97. The van der Waals surface area contributed by atoms with Crippen molar-refractivity contribution in [2.45, 2.75) is 19.9 Å². The minimum absolute atomic E-state index is 0.113. The van der Waals surface area contributed by atoms with Crippen LogP contribution in [0.3, 0.4) is 0 Å². The summed E-state index contributed by atoms with van der Waals surface area (Å²) in [7, 11) is 0. The maximum atomic E-state index is 12.3. The zero-order valence-corrected chi connectivity index (χ0v) is 13.2. The Balaban J connectivity index is 1.79. The second-order valence-electron chi connectivity index (χ2n) is 4.74. The van der Waals surface area contributed by atoms with Crippen molar-refractivity contribution in [1.82, 2.24) is 15.3 Å². The minimum Gasteiger partial charge on any atom is -0.375 e. The molecule has 0 saturated heterocycles. The van der Waals surface area contributed by atoms with Crippen molar-refractivity contribution in [3.8, 4) is 0 Å².